The summed E-state index contributed by atoms with van der Waals surface area (Å²) in [5.74, 6) is -0.801. The number of aromatic nitrogens is 2. The van der Waals surface area contributed by atoms with Crippen molar-refractivity contribution in [2.75, 3.05) is 5.32 Å². The molecule has 2 amide bonds. The van der Waals surface area contributed by atoms with Crippen molar-refractivity contribution in [2.45, 2.75) is 6.42 Å². The van der Waals surface area contributed by atoms with Crippen molar-refractivity contribution in [3.8, 4) is 0 Å². The molecule has 2 heterocycles. The third-order valence-corrected chi connectivity index (χ3v) is 3.77. The molecule has 0 aliphatic carbocycles. The highest BCUT2D eigenvalue weighted by atomic mass is 32.1. The van der Waals surface area contributed by atoms with Crippen LogP contribution >= 0.6 is 11.3 Å². The Kier molecular flexibility index (Phi) is 3.80. The number of benzene rings is 1. The Morgan fingerprint density at radius 3 is 2.77 bits per heavy atom. The van der Waals surface area contributed by atoms with Crippen molar-refractivity contribution in [2.24, 2.45) is 5.73 Å². The van der Waals surface area contributed by atoms with Gasteiger partial charge in [-0.3, -0.25) is 14.9 Å². The van der Waals surface area contributed by atoms with Gasteiger partial charge >= 0.3 is 0 Å². The van der Waals surface area contributed by atoms with Crippen LogP contribution in [-0.4, -0.2) is 21.8 Å². The molecule has 1 aromatic carbocycles. The van der Waals surface area contributed by atoms with Gasteiger partial charge < -0.3 is 5.73 Å². The first kappa shape index (κ1) is 14.2. The molecule has 0 aliphatic rings. The number of carbonyl (C=O) groups is 2. The summed E-state index contributed by atoms with van der Waals surface area (Å²) in [6.07, 6.45) is 0.0561. The van der Waals surface area contributed by atoms with Crippen molar-refractivity contribution < 1.29 is 9.59 Å². The molecule has 0 atom stereocenters. The molecule has 3 aromatic rings. The van der Waals surface area contributed by atoms with Gasteiger partial charge in [0, 0.05) is 10.8 Å². The second-order valence-corrected chi connectivity index (χ2v) is 5.49. The lowest BCUT2D eigenvalue weighted by atomic mass is 10.2. The molecule has 3 rings (SSSR count). The van der Waals surface area contributed by atoms with Crippen molar-refractivity contribution >= 4 is 39.2 Å². The summed E-state index contributed by atoms with van der Waals surface area (Å²) in [6.45, 7) is 0. The topological polar surface area (TPSA) is 98.0 Å². The number of para-hydroxylation sites is 1. The number of anilines is 1. The van der Waals surface area contributed by atoms with E-state index in [0.717, 1.165) is 10.9 Å². The molecule has 0 radical (unpaired) electrons. The molecule has 110 valence electrons. The Balaban J connectivity index is 1.77. The Morgan fingerprint density at radius 1 is 1.14 bits per heavy atom. The van der Waals surface area contributed by atoms with Gasteiger partial charge in [0.2, 0.25) is 5.91 Å². The molecular formula is C15H12N4O2S. The second kappa shape index (κ2) is 5.90. The zero-order chi connectivity index (χ0) is 15.5. The maximum atomic E-state index is 12.2. The van der Waals surface area contributed by atoms with Crippen LogP contribution in [0.15, 0.2) is 41.8 Å². The number of thiazole rings is 1. The summed E-state index contributed by atoms with van der Waals surface area (Å²) in [6, 6.07) is 11.1. The van der Waals surface area contributed by atoms with Crippen LogP contribution in [0.5, 0.6) is 0 Å². The fraction of sp³-hybridized carbons (Fsp3) is 0.0667. The first-order valence-corrected chi connectivity index (χ1v) is 7.39. The number of pyridine rings is 1. The monoisotopic (exact) mass is 312 g/mol. The first-order chi connectivity index (χ1) is 10.6. The number of hydrogen-bond donors (Lipinski definition) is 2. The lowest BCUT2D eigenvalue weighted by molar-refractivity contribution is -0.117. The Morgan fingerprint density at radius 2 is 1.95 bits per heavy atom. The molecule has 0 fully saturated rings. The largest absolute Gasteiger partial charge is 0.369 e. The van der Waals surface area contributed by atoms with Crippen LogP contribution in [-0.2, 0) is 11.2 Å². The molecule has 0 aliphatic heterocycles. The highest BCUT2D eigenvalue weighted by Gasteiger charge is 2.11. The fourth-order valence-corrected chi connectivity index (χ4v) is 2.68. The van der Waals surface area contributed by atoms with E-state index in [2.05, 4.69) is 15.3 Å². The summed E-state index contributed by atoms with van der Waals surface area (Å²) in [5, 5.41) is 5.74. The lowest BCUT2D eigenvalue weighted by Crippen LogP contribution is -2.15. The standard InChI is InChI=1S/C15H12N4O2S/c16-13(20)7-10-8-22-15(17-10)19-14(21)12-6-5-9-3-1-2-4-11(9)18-12/h1-6,8H,7H2,(H2,16,20)(H,17,19,21). The van der Waals surface area contributed by atoms with Crippen LogP contribution in [0.1, 0.15) is 16.2 Å². The summed E-state index contributed by atoms with van der Waals surface area (Å²) in [5.41, 5.74) is 6.71. The summed E-state index contributed by atoms with van der Waals surface area (Å²) >= 11 is 1.24. The number of nitrogens with zero attached hydrogens (tertiary/aromatic N) is 2. The molecule has 22 heavy (non-hydrogen) atoms. The van der Waals surface area contributed by atoms with Gasteiger partial charge in [-0.1, -0.05) is 24.3 Å². The molecule has 0 saturated carbocycles. The number of carbonyl (C=O) groups excluding carboxylic acids is 2. The van der Waals surface area contributed by atoms with Crippen molar-refractivity contribution in [3.63, 3.8) is 0 Å². The van der Waals surface area contributed by atoms with Crippen LogP contribution in [0.2, 0.25) is 0 Å². The van der Waals surface area contributed by atoms with E-state index in [0.29, 0.717) is 16.5 Å². The minimum Gasteiger partial charge on any atom is -0.369 e. The Hall–Kier alpha value is -2.80. The average Bonchev–Trinajstić information content (AvgIpc) is 2.93. The van der Waals surface area contributed by atoms with E-state index >= 15 is 0 Å². The van der Waals surface area contributed by atoms with Crippen LogP contribution < -0.4 is 11.1 Å². The fourth-order valence-electron chi connectivity index (χ4n) is 1.98. The van der Waals surface area contributed by atoms with Gasteiger partial charge in [-0.15, -0.1) is 11.3 Å². The minimum atomic E-state index is -0.459. The molecule has 0 bridgehead atoms. The van der Waals surface area contributed by atoms with E-state index in [1.807, 2.05) is 30.3 Å². The Bertz CT molecular complexity index is 859. The quantitative estimate of drug-likeness (QED) is 0.769. The van der Waals surface area contributed by atoms with Crippen LogP contribution in [0.3, 0.4) is 0 Å². The molecule has 3 N–H and O–H groups in total. The average molecular weight is 312 g/mol. The van der Waals surface area contributed by atoms with Crippen LogP contribution in [0.25, 0.3) is 10.9 Å². The third kappa shape index (κ3) is 3.09. The summed E-state index contributed by atoms with van der Waals surface area (Å²) < 4.78 is 0. The molecule has 7 heteroatoms. The number of amides is 2. The van der Waals surface area contributed by atoms with Crippen LogP contribution in [0.4, 0.5) is 5.13 Å². The van der Waals surface area contributed by atoms with E-state index in [1.54, 1.807) is 11.4 Å². The molecule has 0 spiro atoms. The smallest absolute Gasteiger partial charge is 0.276 e. The lowest BCUT2D eigenvalue weighted by Gasteiger charge is -2.02. The van der Waals surface area contributed by atoms with E-state index < -0.39 is 5.91 Å². The molecule has 2 aromatic heterocycles. The number of fused-ring (bicyclic) bond motifs is 1. The number of nitrogens with two attached hydrogens (primary N) is 1. The number of hydrogen-bond acceptors (Lipinski definition) is 5. The predicted molar refractivity (Wildman–Crippen MR) is 84.7 cm³/mol. The van der Waals surface area contributed by atoms with E-state index in [1.165, 1.54) is 11.3 Å². The van der Waals surface area contributed by atoms with Gasteiger partial charge in [0.25, 0.3) is 5.91 Å². The SMILES string of the molecule is NC(=O)Cc1csc(NC(=O)c2ccc3ccccc3n2)n1. The maximum Gasteiger partial charge on any atom is 0.276 e. The van der Waals surface area contributed by atoms with Gasteiger partial charge in [0.15, 0.2) is 5.13 Å². The zero-order valence-corrected chi connectivity index (χ0v) is 12.3. The maximum absolute atomic E-state index is 12.2. The normalized spacial score (nSPS) is 10.5. The number of nitrogens with one attached hydrogen (secondary N) is 1. The molecule has 6 nitrogen and oxygen atoms in total. The molecule has 0 unspecified atom stereocenters. The van der Waals surface area contributed by atoms with Crippen molar-refractivity contribution in [3.05, 3.63) is 53.2 Å². The van der Waals surface area contributed by atoms with Gasteiger partial charge in [-0.25, -0.2) is 9.97 Å². The van der Waals surface area contributed by atoms with Crippen LogP contribution in [0, 0.1) is 0 Å². The minimum absolute atomic E-state index is 0.0561. The van der Waals surface area contributed by atoms with Crippen molar-refractivity contribution in [1.29, 1.82) is 0 Å². The molecular weight excluding hydrogens is 300 g/mol. The van der Waals surface area contributed by atoms with E-state index in [4.69, 9.17) is 5.73 Å². The number of primary amides is 1. The highest BCUT2D eigenvalue weighted by molar-refractivity contribution is 7.14. The van der Waals surface area contributed by atoms with Gasteiger partial charge in [-0.05, 0) is 12.1 Å². The van der Waals surface area contributed by atoms with E-state index in [-0.39, 0.29) is 12.3 Å². The van der Waals surface area contributed by atoms with Gasteiger partial charge in [-0.2, -0.15) is 0 Å². The van der Waals surface area contributed by atoms with Gasteiger partial charge in [0.1, 0.15) is 5.69 Å². The first-order valence-electron chi connectivity index (χ1n) is 6.51. The molecule has 0 saturated heterocycles. The van der Waals surface area contributed by atoms with Crippen molar-refractivity contribution in [1.82, 2.24) is 9.97 Å². The summed E-state index contributed by atoms with van der Waals surface area (Å²) in [4.78, 5) is 31.5. The highest BCUT2D eigenvalue weighted by Crippen LogP contribution is 2.17. The third-order valence-electron chi connectivity index (χ3n) is 2.96. The number of rotatable bonds is 4. The summed E-state index contributed by atoms with van der Waals surface area (Å²) in [7, 11) is 0. The Labute approximate surface area is 130 Å². The zero-order valence-electron chi connectivity index (χ0n) is 11.4. The second-order valence-electron chi connectivity index (χ2n) is 4.63. The van der Waals surface area contributed by atoms with Gasteiger partial charge in [0.05, 0.1) is 17.6 Å². The predicted octanol–water partition coefficient (Wildman–Crippen LogP) is 1.97. The van der Waals surface area contributed by atoms with E-state index in [9.17, 15) is 9.59 Å².